The molecule has 2 unspecified atom stereocenters. The molecule has 0 bridgehead atoms. The van der Waals surface area contributed by atoms with Crippen LogP contribution in [0.25, 0.3) is 0 Å². The van der Waals surface area contributed by atoms with Gasteiger partial charge < -0.3 is 15.0 Å². The number of carbonyl (C=O) groups is 1. The number of ether oxygens (including phenoxy) is 1. The Labute approximate surface area is 232 Å². The van der Waals surface area contributed by atoms with E-state index in [-0.39, 0.29) is 16.7 Å². The van der Waals surface area contributed by atoms with Gasteiger partial charge in [0, 0.05) is 38.9 Å². The predicted octanol–water partition coefficient (Wildman–Crippen LogP) is 5.43. The molecule has 2 heterocycles. The molecule has 1 saturated heterocycles. The largest absolute Gasteiger partial charge is 0.374 e. The molecule has 0 radical (unpaired) electrons. The van der Waals surface area contributed by atoms with Crippen LogP contribution in [0.5, 0.6) is 0 Å². The van der Waals surface area contributed by atoms with Crippen molar-refractivity contribution in [1.29, 1.82) is 5.26 Å². The van der Waals surface area contributed by atoms with Crippen molar-refractivity contribution in [3.8, 4) is 6.07 Å². The van der Waals surface area contributed by atoms with Gasteiger partial charge in [-0.3, -0.25) is 9.69 Å². The summed E-state index contributed by atoms with van der Waals surface area (Å²) in [7, 11) is 1.99. The summed E-state index contributed by atoms with van der Waals surface area (Å²) in [5, 5.41) is 15.4. The lowest BCUT2D eigenvalue weighted by molar-refractivity contribution is -0.119. The average Bonchev–Trinajstić information content (AvgIpc) is 3.23. The topological polar surface area (TPSA) is 68.6 Å². The van der Waals surface area contributed by atoms with Crippen LogP contribution in [-0.2, 0) is 16.1 Å². The molecule has 3 rings (SSSR count). The number of allylic oxidation sites excluding steroid dienone is 6. The molecule has 6 nitrogen and oxygen atoms in total. The first-order valence-electron chi connectivity index (χ1n) is 11.6. The smallest absolute Gasteiger partial charge is 0.230 e. The van der Waals surface area contributed by atoms with Crippen molar-refractivity contribution in [2.75, 3.05) is 39.0 Å². The summed E-state index contributed by atoms with van der Waals surface area (Å²) < 4.78 is 5.96. The van der Waals surface area contributed by atoms with Crippen molar-refractivity contribution in [3.63, 3.8) is 0 Å². The third kappa shape index (κ3) is 8.91. The van der Waals surface area contributed by atoms with Gasteiger partial charge in [-0.1, -0.05) is 53.2 Å². The number of likely N-dealkylation sites (N-methyl/N-ethyl adjacent to an activating group) is 1. The van der Waals surface area contributed by atoms with Gasteiger partial charge in [0.1, 0.15) is 4.71 Å². The highest BCUT2D eigenvalue weighted by Gasteiger charge is 2.24. The Morgan fingerprint density at radius 3 is 2.97 bits per heavy atom. The fourth-order valence-electron chi connectivity index (χ4n) is 3.61. The van der Waals surface area contributed by atoms with Gasteiger partial charge in [-0.15, -0.1) is 11.8 Å². The molecule has 1 amide bonds. The van der Waals surface area contributed by atoms with Crippen molar-refractivity contribution >= 4 is 52.6 Å². The number of rotatable bonds is 10. The standard InChI is InChI=1S/C26H30Cl2N4O2S2/c1-3-4-5-19(13-29)6-8-21-17-35-26(31(21)2)36-18-25(33)30-14-22-16-32(10-11-34-22)15-20-7-9-23(27)24(28)12-20/h3-9,12,17,22,26H,10-11,14-16,18H2,1-2H3,(H,30,33)/b4-3-,8-6+,19-5+. The van der Waals surface area contributed by atoms with E-state index in [4.69, 9.17) is 27.9 Å². The average molecular weight is 566 g/mol. The molecule has 1 aromatic carbocycles. The molecular formula is C26H30Cl2N4O2S2. The number of benzene rings is 1. The van der Waals surface area contributed by atoms with Gasteiger partial charge in [-0.2, -0.15) is 5.26 Å². The number of nitrogens with one attached hydrogen (secondary N) is 1. The van der Waals surface area contributed by atoms with Crippen LogP contribution in [0.4, 0.5) is 0 Å². The summed E-state index contributed by atoms with van der Waals surface area (Å²) >= 11 is 15.4. The van der Waals surface area contributed by atoms with E-state index in [0.717, 1.165) is 30.9 Å². The lowest BCUT2D eigenvalue weighted by Gasteiger charge is -2.33. The highest BCUT2D eigenvalue weighted by atomic mass is 35.5. The van der Waals surface area contributed by atoms with E-state index in [1.165, 1.54) is 0 Å². The number of amides is 1. The first kappa shape index (κ1) is 28.7. The van der Waals surface area contributed by atoms with Crippen molar-refractivity contribution < 1.29 is 9.53 Å². The zero-order chi connectivity index (χ0) is 25.9. The molecule has 2 atom stereocenters. The summed E-state index contributed by atoms with van der Waals surface area (Å²) in [5.74, 6) is 0.348. The van der Waals surface area contributed by atoms with E-state index in [2.05, 4.69) is 26.6 Å². The number of nitriles is 1. The quantitative estimate of drug-likeness (QED) is 0.300. The maximum atomic E-state index is 12.5. The minimum atomic E-state index is -0.0534. The number of morpholine rings is 1. The van der Waals surface area contributed by atoms with E-state index in [1.54, 1.807) is 35.7 Å². The number of thioether (sulfide) groups is 2. The number of carbonyl (C=O) groups excluding carboxylic acids is 1. The lowest BCUT2D eigenvalue weighted by Crippen LogP contribution is -2.47. The molecule has 0 spiro atoms. The zero-order valence-corrected chi connectivity index (χ0v) is 23.5. The van der Waals surface area contributed by atoms with Crippen molar-refractivity contribution in [2.24, 2.45) is 0 Å². The minimum Gasteiger partial charge on any atom is -0.374 e. The SMILES string of the molecule is C\C=C/C=C(C#N)\C=C\C1=CSC(SCC(=O)NCC2CN(Cc3ccc(Cl)c(Cl)c3)CCO2)N1C. The molecule has 36 heavy (non-hydrogen) atoms. The molecule has 2 aliphatic heterocycles. The van der Waals surface area contributed by atoms with Gasteiger partial charge in [0.05, 0.1) is 40.2 Å². The molecule has 0 aliphatic carbocycles. The number of nitrogens with zero attached hydrogens (tertiary/aromatic N) is 3. The second kappa shape index (κ2) is 14.8. The van der Waals surface area contributed by atoms with Crippen LogP contribution < -0.4 is 5.32 Å². The third-order valence-electron chi connectivity index (χ3n) is 5.56. The van der Waals surface area contributed by atoms with E-state index in [0.29, 0.717) is 34.5 Å². The van der Waals surface area contributed by atoms with Crippen LogP contribution in [0.2, 0.25) is 10.0 Å². The molecule has 0 aromatic heterocycles. The Balaban J connectivity index is 1.38. The highest BCUT2D eigenvalue weighted by Crippen LogP contribution is 2.37. The van der Waals surface area contributed by atoms with E-state index in [9.17, 15) is 10.1 Å². The molecule has 1 N–H and O–H groups in total. The molecule has 2 aliphatic rings. The molecule has 10 heteroatoms. The Bertz CT molecular complexity index is 1080. The predicted molar refractivity (Wildman–Crippen MR) is 152 cm³/mol. The Hall–Kier alpha value is -1.86. The summed E-state index contributed by atoms with van der Waals surface area (Å²) in [6.07, 6.45) is 9.18. The maximum absolute atomic E-state index is 12.5. The van der Waals surface area contributed by atoms with Gasteiger partial charge >= 0.3 is 0 Å². The van der Waals surface area contributed by atoms with Crippen LogP contribution in [-0.4, -0.2) is 65.6 Å². The van der Waals surface area contributed by atoms with Crippen LogP contribution >= 0.6 is 46.7 Å². The van der Waals surface area contributed by atoms with Crippen LogP contribution in [0.1, 0.15) is 12.5 Å². The maximum Gasteiger partial charge on any atom is 0.230 e. The van der Waals surface area contributed by atoms with Crippen molar-refractivity contribution in [1.82, 2.24) is 15.1 Å². The summed E-state index contributed by atoms with van der Waals surface area (Å²) in [5.41, 5.74) is 2.70. The fourth-order valence-corrected chi connectivity index (χ4v) is 6.16. The van der Waals surface area contributed by atoms with E-state index < -0.39 is 0 Å². The second-order valence-corrected chi connectivity index (χ2v) is 11.4. The monoisotopic (exact) mass is 564 g/mol. The Kier molecular flexibility index (Phi) is 11.8. The first-order chi connectivity index (χ1) is 17.4. The first-order valence-corrected chi connectivity index (χ1v) is 14.3. The van der Waals surface area contributed by atoms with Gasteiger partial charge in [0.15, 0.2) is 0 Å². The lowest BCUT2D eigenvalue weighted by atomic mass is 10.2. The van der Waals surface area contributed by atoms with Crippen LogP contribution in [0, 0.1) is 11.3 Å². The van der Waals surface area contributed by atoms with E-state index in [1.807, 2.05) is 50.4 Å². The number of halogens is 2. The molecule has 1 aromatic rings. The van der Waals surface area contributed by atoms with Gasteiger partial charge in [-0.05, 0) is 48.3 Å². The number of hydrogen-bond acceptors (Lipinski definition) is 7. The van der Waals surface area contributed by atoms with Crippen molar-refractivity contribution in [3.05, 3.63) is 80.9 Å². The Morgan fingerprint density at radius 2 is 2.22 bits per heavy atom. The second-order valence-electron chi connectivity index (χ2n) is 8.28. The van der Waals surface area contributed by atoms with Crippen LogP contribution in [0.15, 0.2) is 65.3 Å². The van der Waals surface area contributed by atoms with Gasteiger partial charge in [0.25, 0.3) is 0 Å². The van der Waals surface area contributed by atoms with Gasteiger partial charge in [0.2, 0.25) is 5.91 Å². The fraction of sp³-hybridized carbons (Fsp3) is 0.385. The summed E-state index contributed by atoms with van der Waals surface area (Å²) in [4.78, 5) is 16.9. The minimum absolute atomic E-state index is 0.00995. The van der Waals surface area contributed by atoms with E-state index >= 15 is 0 Å². The highest BCUT2D eigenvalue weighted by molar-refractivity contribution is 8.18. The number of hydrogen-bond donors (Lipinski definition) is 1. The summed E-state index contributed by atoms with van der Waals surface area (Å²) in [6, 6.07) is 7.87. The zero-order valence-electron chi connectivity index (χ0n) is 20.3. The normalized spacial score (nSPS) is 21.2. The Morgan fingerprint density at radius 1 is 1.39 bits per heavy atom. The molecular weight excluding hydrogens is 535 g/mol. The summed E-state index contributed by atoms with van der Waals surface area (Å²) in [6.45, 7) is 5.34. The molecule has 192 valence electrons. The van der Waals surface area contributed by atoms with Crippen LogP contribution in [0.3, 0.4) is 0 Å². The van der Waals surface area contributed by atoms with Crippen molar-refractivity contribution in [2.45, 2.75) is 24.3 Å². The molecule has 0 saturated carbocycles. The molecule has 1 fully saturated rings. The van der Waals surface area contributed by atoms with Gasteiger partial charge in [-0.25, -0.2) is 0 Å². The third-order valence-corrected chi connectivity index (χ3v) is 8.99.